The number of sulfonamides is 1. The van der Waals surface area contributed by atoms with Crippen LogP contribution in [0, 0.1) is 5.82 Å². The van der Waals surface area contributed by atoms with Crippen LogP contribution in [0.5, 0.6) is 0 Å². The molecule has 5 nitrogen and oxygen atoms in total. The highest BCUT2D eigenvalue weighted by Crippen LogP contribution is 2.24. The molecule has 0 aromatic heterocycles. The number of carbonyl (C=O) groups excluding carboxylic acids is 1. The summed E-state index contributed by atoms with van der Waals surface area (Å²) in [5, 5.41) is 2.76. The lowest BCUT2D eigenvalue weighted by Crippen LogP contribution is -2.37. The van der Waals surface area contributed by atoms with E-state index in [1.807, 2.05) is 0 Å². The summed E-state index contributed by atoms with van der Waals surface area (Å²) in [5.41, 5.74) is 0.789. The van der Waals surface area contributed by atoms with E-state index < -0.39 is 28.3 Å². The number of hydrogen-bond donors (Lipinski definition) is 1. The van der Waals surface area contributed by atoms with Gasteiger partial charge in [0.2, 0.25) is 15.9 Å². The number of rotatable bonds is 7. The van der Waals surface area contributed by atoms with Crippen molar-refractivity contribution in [2.75, 3.05) is 11.9 Å². The lowest BCUT2D eigenvalue weighted by atomic mass is 10.2. The quantitative estimate of drug-likeness (QED) is 0.412. The Morgan fingerprint density at radius 3 is 2.32 bits per heavy atom. The van der Waals surface area contributed by atoms with E-state index in [1.54, 1.807) is 36.4 Å². The summed E-state index contributed by atoms with van der Waals surface area (Å²) in [6.45, 7) is -0.603. The maximum Gasteiger partial charge on any atom is 0.243 e. The Morgan fingerprint density at radius 1 is 1.00 bits per heavy atom. The molecule has 10 heteroatoms. The van der Waals surface area contributed by atoms with Crippen LogP contribution in [0.2, 0.25) is 10.0 Å². The molecule has 0 heterocycles. The fraction of sp³-hybridized carbons (Fsp3) is 0.0952. The van der Waals surface area contributed by atoms with Gasteiger partial charge in [0.15, 0.2) is 0 Å². The van der Waals surface area contributed by atoms with Crippen LogP contribution in [0.4, 0.5) is 10.1 Å². The maximum absolute atomic E-state index is 13.4. The van der Waals surface area contributed by atoms with Crippen LogP contribution in [-0.2, 0) is 21.4 Å². The zero-order valence-corrected chi connectivity index (χ0v) is 19.8. The molecule has 0 saturated carbocycles. The van der Waals surface area contributed by atoms with Gasteiger partial charge in [-0.1, -0.05) is 57.3 Å². The van der Waals surface area contributed by atoms with Gasteiger partial charge in [0.1, 0.15) is 5.82 Å². The molecule has 0 atom stereocenters. The van der Waals surface area contributed by atoms with Crippen molar-refractivity contribution >= 4 is 60.7 Å². The largest absolute Gasteiger partial charge is 0.325 e. The SMILES string of the molecule is O=C(CN(Cc1ccccc1Cl)S(=O)(=O)c1ccc(Br)cc1)Nc1ccc(F)c(Cl)c1. The molecule has 0 aliphatic heterocycles. The van der Waals surface area contributed by atoms with Crippen molar-refractivity contribution in [3.05, 3.63) is 92.6 Å². The Labute approximate surface area is 198 Å². The van der Waals surface area contributed by atoms with Crippen LogP contribution in [0.1, 0.15) is 5.56 Å². The number of carbonyl (C=O) groups is 1. The zero-order chi connectivity index (χ0) is 22.6. The lowest BCUT2D eigenvalue weighted by molar-refractivity contribution is -0.116. The summed E-state index contributed by atoms with van der Waals surface area (Å²) < 4.78 is 41.6. The van der Waals surface area contributed by atoms with Crippen LogP contribution >= 0.6 is 39.1 Å². The summed E-state index contributed by atoms with van der Waals surface area (Å²) in [6.07, 6.45) is 0. The van der Waals surface area contributed by atoms with Crippen molar-refractivity contribution in [2.24, 2.45) is 0 Å². The number of anilines is 1. The molecule has 3 aromatic carbocycles. The normalized spacial score (nSPS) is 11.5. The predicted molar refractivity (Wildman–Crippen MR) is 123 cm³/mol. The number of halogens is 4. The fourth-order valence-electron chi connectivity index (χ4n) is 2.73. The highest BCUT2D eigenvalue weighted by Gasteiger charge is 2.27. The smallest absolute Gasteiger partial charge is 0.243 e. The number of hydrogen-bond acceptors (Lipinski definition) is 3. The minimum Gasteiger partial charge on any atom is -0.325 e. The molecule has 31 heavy (non-hydrogen) atoms. The molecule has 0 bridgehead atoms. The van der Waals surface area contributed by atoms with Gasteiger partial charge in [0.25, 0.3) is 0 Å². The number of nitrogens with one attached hydrogen (secondary N) is 1. The third-order valence-corrected chi connectivity index (χ3v) is 7.27. The van der Waals surface area contributed by atoms with E-state index >= 15 is 0 Å². The molecule has 0 aliphatic rings. The van der Waals surface area contributed by atoms with Gasteiger partial charge < -0.3 is 5.32 Å². The monoisotopic (exact) mass is 544 g/mol. The number of benzene rings is 3. The minimum atomic E-state index is -4.03. The van der Waals surface area contributed by atoms with E-state index in [9.17, 15) is 17.6 Å². The van der Waals surface area contributed by atoms with Crippen molar-refractivity contribution in [3.8, 4) is 0 Å². The molecule has 0 spiro atoms. The van der Waals surface area contributed by atoms with Gasteiger partial charge in [-0.05, 0) is 54.1 Å². The molecule has 3 rings (SSSR count). The van der Waals surface area contributed by atoms with Gasteiger partial charge in [-0.25, -0.2) is 12.8 Å². The highest BCUT2D eigenvalue weighted by atomic mass is 79.9. The van der Waals surface area contributed by atoms with E-state index in [2.05, 4.69) is 21.2 Å². The molecule has 0 unspecified atom stereocenters. The van der Waals surface area contributed by atoms with Crippen LogP contribution in [0.15, 0.2) is 76.1 Å². The standard InChI is InChI=1S/C21H16BrCl2FN2O3S/c22-15-5-8-17(9-6-15)31(29,30)27(12-14-3-1-2-4-18(14)23)13-21(28)26-16-7-10-20(25)19(24)11-16/h1-11H,12-13H2,(H,26,28). The van der Waals surface area contributed by atoms with E-state index in [0.29, 0.717) is 10.6 Å². The molecule has 3 aromatic rings. The highest BCUT2D eigenvalue weighted by molar-refractivity contribution is 9.10. The predicted octanol–water partition coefficient (Wildman–Crippen LogP) is 5.72. The molecular weight excluding hydrogens is 530 g/mol. The number of amides is 1. The van der Waals surface area contributed by atoms with Gasteiger partial charge in [-0.15, -0.1) is 0 Å². The van der Waals surface area contributed by atoms with Gasteiger partial charge in [-0.3, -0.25) is 4.79 Å². The summed E-state index contributed by atoms with van der Waals surface area (Å²) in [6, 6.07) is 16.5. The first-order valence-corrected chi connectivity index (χ1v) is 11.9. The second-order valence-electron chi connectivity index (χ2n) is 6.50. The zero-order valence-electron chi connectivity index (χ0n) is 15.9. The Kier molecular flexibility index (Phi) is 7.72. The average Bonchev–Trinajstić information content (AvgIpc) is 2.72. The summed E-state index contributed by atoms with van der Waals surface area (Å²) >= 11 is 15.2. The van der Waals surface area contributed by atoms with E-state index in [4.69, 9.17) is 23.2 Å². The van der Waals surface area contributed by atoms with Crippen LogP contribution in [0.25, 0.3) is 0 Å². The molecule has 0 saturated heterocycles. The third kappa shape index (κ3) is 6.05. The van der Waals surface area contributed by atoms with E-state index in [-0.39, 0.29) is 22.2 Å². The molecular formula is C21H16BrCl2FN2O3S. The van der Waals surface area contributed by atoms with Crippen molar-refractivity contribution in [2.45, 2.75) is 11.4 Å². The Morgan fingerprint density at radius 2 is 1.68 bits per heavy atom. The fourth-order valence-corrected chi connectivity index (χ4v) is 4.75. The van der Waals surface area contributed by atoms with Gasteiger partial charge in [-0.2, -0.15) is 4.31 Å². The topological polar surface area (TPSA) is 66.5 Å². The first kappa shape index (κ1) is 23.7. The van der Waals surface area contributed by atoms with Crippen LogP contribution < -0.4 is 5.32 Å². The van der Waals surface area contributed by atoms with Gasteiger partial charge in [0.05, 0.1) is 16.5 Å². The Hall–Kier alpha value is -1.97. The molecule has 1 N–H and O–H groups in total. The van der Waals surface area contributed by atoms with E-state index in [0.717, 1.165) is 14.8 Å². The Bertz CT molecular complexity index is 1210. The van der Waals surface area contributed by atoms with Crippen LogP contribution in [0.3, 0.4) is 0 Å². The lowest BCUT2D eigenvalue weighted by Gasteiger charge is -2.22. The number of nitrogens with zero attached hydrogens (tertiary/aromatic N) is 1. The van der Waals surface area contributed by atoms with Crippen molar-refractivity contribution < 1.29 is 17.6 Å². The Balaban J connectivity index is 1.89. The van der Waals surface area contributed by atoms with Gasteiger partial charge in [0, 0.05) is 21.7 Å². The average molecular weight is 546 g/mol. The molecule has 0 radical (unpaired) electrons. The second kappa shape index (κ2) is 10.1. The molecule has 0 aliphatic carbocycles. The minimum absolute atomic E-state index is 0.0281. The molecule has 0 fully saturated rings. The van der Waals surface area contributed by atoms with Crippen molar-refractivity contribution in [1.82, 2.24) is 4.31 Å². The van der Waals surface area contributed by atoms with Crippen molar-refractivity contribution in [3.63, 3.8) is 0 Å². The first-order valence-electron chi connectivity index (χ1n) is 8.91. The van der Waals surface area contributed by atoms with Gasteiger partial charge >= 0.3 is 0 Å². The van der Waals surface area contributed by atoms with Crippen molar-refractivity contribution in [1.29, 1.82) is 0 Å². The third-order valence-electron chi connectivity index (χ3n) is 4.28. The summed E-state index contributed by atoms with van der Waals surface area (Å²) in [4.78, 5) is 12.7. The maximum atomic E-state index is 13.4. The first-order chi connectivity index (χ1) is 14.7. The second-order valence-corrected chi connectivity index (χ2v) is 10.2. The summed E-state index contributed by atoms with van der Waals surface area (Å²) in [7, 11) is -4.03. The molecule has 162 valence electrons. The van der Waals surface area contributed by atoms with E-state index in [1.165, 1.54) is 24.3 Å². The summed E-state index contributed by atoms with van der Waals surface area (Å²) in [5.74, 6) is -1.24. The molecule has 1 amide bonds. The van der Waals surface area contributed by atoms with Crippen LogP contribution in [-0.4, -0.2) is 25.2 Å².